The molecule has 0 aromatic rings. The molecule has 250 valence electrons. The summed E-state index contributed by atoms with van der Waals surface area (Å²) in [7, 11) is 0. The van der Waals surface area contributed by atoms with Gasteiger partial charge in [-0.15, -0.1) is 0 Å². The Bertz CT molecular complexity index is 662. The van der Waals surface area contributed by atoms with Crippen molar-refractivity contribution in [3.8, 4) is 0 Å². The third kappa shape index (κ3) is 32.6. The predicted molar refractivity (Wildman–Crippen MR) is 178 cm³/mol. The fourth-order valence-corrected chi connectivity index (χ4v) is 5.02. The zero-order valence-electron chi connectivity index (χ0n) is 28.2. The molecule has 0 aliphatic heterocycles. The minimum absolute atomic E-state index is 0.0122. The number of allylic oxidation sites excluding steroid dienone is 2. The number of hydrogen-bond donors (Lipinski definition) is 0. The molecule has 0 atom stereocenters. The molecule has 0 amide bonds. The maximum atomic E-state index is 11.9. The molecular weight excluding hydrogens is 540 g/mol. The second kappa shape index (κ2) is 32.8. The molecule has 0 aromatic heterocycles. The van der Waals surface area contributed by atoms with Gasteiger partial charge in [-0.05, 0) is 64.2 Å². The molecule has 6 nitrogen and oxygen atoms in total. The third-order valence-corrected chi connectivity index (χ3v) is 7.61. The lowest BCUT2D eigenvalue weighted by Crippen LogP contribution is -2.16. The van der Waals surface area contributed by atoms with Crippen LogP contribution in [-0.4, -0.2) is 37.2 Å². The SMILES string of the molecule is CCCCCC/C=C\COC(=O)CCCCCCCC(CCCCCCCC(=O)OC/C=C\CCCCCC)OC(C)=O. The van der Waals surface area contributed by atoms with Gasteiger partial charge in [0.05, 0.1) is 0 Å². The fraction of sp³-hybridized carbons (Fsp3) is 0.811. The Kier molecular flexibility index (Phi) is 31.2. The second-order valence-corrected chi connectivity index (χ2v) is 11.9. The Labute approximate surface area is 264 Å². The van der Waals surface area contributed by atoms with Gasteiger partial charge in [-0.3, -0.25) is 14.4 Å². The molecule has 0 spiro atoms. The summed E-state index contributed by atoms with van der Waals surface area (Å²) in [6.07, 6.45) is 33.2. The summed E-state index contributed by atoms with van der Waals surface area (Å²) in [4.78, 5) is 35.3. The minimum atomic E-state index is -0.209. The third-order valence-electron chi connectivity index (χ3n) is 7.61. The van der Waals surface area contributed by atoms with Crippen molar-refractivity contribution < 1.29 is 28.6 Å². The molecule has 0 saturated carbocycles. The van der Waals surface area contributed by atoms with Crippen LogP contribution in [0.4, 0.5) is 0 Å². The molecule has 43 heavy (non-hydrogen) atoms. The monoisotopic (exact) mass is 606 g/mol. The fourth-order valence-electron chi connectivity index (χ4n) is 5.02. The molecule has 0 rings (SSSR count). The van der Waals surface area contributed by atoms with E-state index in [9.17, 15) is 14.4 Å². The average molecular weight is 607 g/mol. The van der Waals surface area contributed by atoms with Crippen LogP contribution in [0.15, 0.2) is 24.3 Å². The highest BCUT2D eigenvalue weighted by Gasteiger charge is 2.12. The maximum absolute atomic E-state index is 11.9. The van der Waals surface area contributed by atoms with Gasteiger partial charge in [0.1, 0.15) is 19.3 Å². The van der Waals surface area contributed by atoms with Gasteiger partial charge in [0, 0.05) is 19.8 Å². The van der Waals surface area contributed by atoms with Gasteiger partial charge in [0.15, 0.2) is 0 Å². The van der Waals surface area contributed by atoms with E-state index in [2.05, 4.69) is 26.0 Å². The van der Waals surface area contributed by atoms with Gasteiger partial charge in [0.2, 0.25) is 0 Å². The Balaban J connectivity index is 3.73. The van der Waals surface area contributed by atoms with Crippen LogP contribution < -0.4 is 0 Å². The first-order valence-electron chi connectivity index (χ1n) is 17.8. The summed E-state index contributed by atoms with van der Waals surface area (Å²) in [6, 6.07) is 0. The standard InChI is InChI=1S/C37H66O6/c1-4-6-8-10-12-20-26-32-41-36(39)30-24-18-14-16-22-28-35(43-34(3)38)29-23-17-15-19-25-31-37(40)42-33-27-21-13-11-9-7-5-2/h20-21,26-27,35H,4-19,22-25,28-33H2,1-3H3/b26-20-,27-21-. The van der Waals surface area contributed by atoms with E-state index in [-0.39, 0.29) is 24.0 Å². The lowest BCUT2D eigenvalue weighted by molar-refractivity contribution is -0.147. The Morgan fingerprint density at radius 1 is 0.512 bits per heavy atom. The highest BCUT2D eigenvalue weighted by molar-refractivity contribution is 5.69. The predicted octanol–water partition coefficient (Wildman–Crippen LogP) is 10.5. The van der Waals surface area contributed by atoms with Crippen molar-refractivity contribution in [3.05, 3.63) is 24.3 Å². The molecule has 6 heteroatoms. The second-order valence-electron chi connectivity index (χ2n) is 11.9. The minimum Gasteiger partial charge on any atom is -0.463 e. The lowest BCUT2D eigenvalue weighted by atomic mass is 10.0. The van der Waals surface area contributed by atoms with Gasteiger partial charge in [0.25, 0.3) is 0 Å². The lowest BCUT2D eigenvalue weighted by Gasteiger charge is -2.17. The first-order valence-corrected chi connectivity index (χ1v) is 17.8. The molecule has 0 aliphatic carbocycles. The van der Waals surface area contributed by atoms with Crippen LogP contribution in [0.25, 0.3) is 0 Å². The zero-order valence-corrected chi connectivity index (χ0v) is 28.2. The van der Waals surface area contributed by atoms with Crippen molar-refractivity contribution in [1.82, 2.24) is 0 Å². The summed E-state index contributed by atoms with van der Waals surface area (Å²) < 4.78 is 16.1. The van der Waals surface area contributed by atoms with Gasteiger partial charge in [-0.1, -0.05) is 115 Å². The van der Waals surface area contributed by atoms with Crippen molar-refractivity contribution in [2.24, 2.45) is 0 Å². The van der Waals surface area contributed by atoms with Gasteiger partial charge in [-0.25, -0.2) is 0 Å². The van der Waals surface area contributed by atoms with Crippen molar-refractivity contribution in [1.29, 1.82) is 0 Å². The van der Waals surface area contributed by atoms with Gasteiger partial charge >= 0.3 is 17.9 Å². The summed E-state index contributed by atoms with van der Waals surface area (Å²) in [6.45, 7) is 6.68. The van der Waals surface area contributed by atoms with E-state index < -0.39 is 0 Å². The first-order chi connectivity index (χ1) is 21.0. The van der Waals surface area contributed by atoms with E-state index in [1.165, 1.54) is 58.3 Å². The number of carbonyl (C=O) groups excluding carboxylic acids is 3. The van der Waals surface area contributed by atoms with Crippen molar-refractivity contribution in [2.75, 3.05) is 13.2 Å². The first kappa shape index (κ1) is 40.9. The van der Waals surface area contributed by atoms with Crippen LogP contribution in [0.1, 0.15) is 175 Å². The molecule has 0 radical (unpaired) electrons. The molecule has 0 aromatic carbocycles. The summed E-state index contributed by atoms with van der Waals surface area (Å²) in [5, 5.41) is 0. The Hall–Kier alpha value is -2.11. The van der Waals surface area contributed by atoms with Crippen LogP contribution in [0.5, 0.6) is 0 Å². The summed E-state index contributed by atoms with van der Waals surface area (Å²) in [5.74, 6) is -0.428. The topological polar surface area (TPSA) is 78.9 Å². The molecule has 0 bridgehead atoms. The number of ether oxygens (including phenoxy) is 3. The van der Waals surface area contributed by atoms with E-state index in [0.717, 1.165) is 89.9 Å². The number of hydrogen-bond acceptors (Lipinski definition) is 6. The molecule has 0 N–H and O–H groups in total. The van der Waals surface area contributed by atoms with Crippen molar-refractivity contribution in [3.63, 3.8) is 0 Å². The van der Waals surface area contributed by atoms with Crippen LogP contribution in [0, 0.1) is 0 Å². The van der Waals surface area contributed by atoms with E-state index in [4.69, 9.17) is 14.2 Å². The highest BCUT2D eigenvalue weighted by atomic mass is 16.5. The van der Waals surface area contributed by atoms with E-state index in [1.807, 2.05) is 12.2 Å². The van der Waals surface area contributed by atoms with Crippen LogP contribution in [0.2, 0.25) is 0 Å². The average Bonchev–Trinajstić information content (AvgIpc) is 2.98. The van der Waals surface area contributed by atoms with Gasteiger partial charge in [-0.2, -0.15) is 0 Å². The normalized spacial score (nSPS) is 11.5. The van der Waals surface area contributed by atoms with Gasteiger partial charge < -0.3 is 14.2 Å². The molecule has 0 saturated heterocycles. The van der Waals surface area contributed by atoms with Crippen molar-refractivity contribution in [2.45, 2.75) is 181 Å². The molecule has 0 heterocycles. The molecule has 0 aliphatic rings. The zero-order chi connectivity index (χ0) is 31.6. The number of unbranched alkanes of at least 4 members (excludes halogenated alkanes) is 16. The molecule has 0 fully saturated rings. The summed E-state index contributed by atoms with van der Waals surface area (Å²) >= 11 is 0. The Morgan fingerprint density at radius 3 is 1.33 bits per heavy atom. The summed E-state index contributed by atoms with van der Waals surface area (Å²) in [5.41, 5.74) is 0. The van der Waals surface area contributed by atoms with E-state index in [0.29, 0.717) is 26.1 Å². The number of esters is 3. The van der Waals surface area contributed by atoms with Crippen molar-refractivity contribution >= 4 is 17.9 Å². The highest BCUT2D eigenvalue weighted by Crippen LogP contribution is 2.17. The maximum Gasteiger partial charge on any atom is 0.306 e. The van der Waals surface area contributed by atoms with Crippen LogP contribution in [-0.2, 0) is 28.6 Å². The number of rotatable bonds is 31. The quantitative estimate of drug-likeness (QED) is 0.0338. The van der Waals surface area contributed by atoms with Crippen LogP contribution >= 0.6 is 0 Å². The molecular formula is C37H66O6. The Morgan fingerprint density at radius 2 is 0.907 bits per heavy atom. The van der Waals surface area contributed by atoms with Crippen LogP contribution in [0.3, 0.4) is 0 Å². The smallest absolute Gasteiger partial charge is 0.306 e. The largest absolute Gasteiger partial charge is 0.463 e. The van der Waals surface area contributed by atoms with E-state index in [1.54, 1.807) is 0 Å². The number of carbonyl (C=O) groups is 3. The molecule has 0 unspecified atom stereocenters. The van der Waals surface area contributed by atoms with E-state index >= 15 is 0 Å².